The smallest absolute Gasteiger partial charge is 0.262 e. The van der Waals surface area contributed by atoms with Gasteiger partial charge in [-0.1, -0.05) is 43.2 Å². The van der Waals surface area contributed by atoms with Gasteiger partial charge < -0.3 is 9.64 Å². The van der Waals surface area contributed by atoms with Gasteiger partial charge in [0.25, 0.3) is 5.91 Å². The number of rotatable bonds is 8. The fourth-order valence-corrected chi connectivity index (χ4v) is 4.68. The molecule has 34 heavy (non-hydrogen) atoms. The largest absolute Gasteiger partial charge is 0.383 e. The van der Waals surface area contributed by atoms with E-state index in [9.17, 15) is 18.4 Å². The highest BCUT2D eigenvalue weighted by Crippen LogP contribution is 2.34. The highest BCUT2D eigenvalue weighted by atomic mass is 19.1. The SMILES string of the molecule is COCCN(CC(=O)N1N=C(c2ccc(F)cc2)C[C@H]1c1ccccc1F)C(=O)C1CCCC1. The predicted octanol–water partition coefficient (Wildman–Crippen LogP) is 4.31. The molecular formula is C26H29F2N3O3. The molecule has 1 heterocycles. The molecule has 0 spiro atoms. The van der Waals surface area contributed by atoms with Gasteiger partial charge in [0.1, 0.15) is 18.2 Å². The Kier molecular flexibility index (Phi) is 7.67. The molecule has 0 bridgehead atoms. The van der Waals surface area contributed by atoms with Crippen molar-refractivity contribution in [3.63, 3.8) is 0 Å². The predicted molar refractivity (Wildman–Crippen MR) is 124 cm³/mol. The molecule has 1 aliphatic carbocycles. The Morgan fingerprint density at radius 3 is 2.47 bits per heavy atom. The van der Waals surface area contributed by atoms with E-state index in [1.54, 1.807) is 37.4 Å². The highest BCUT2D eigenvalue weighted by molar-refractivity contribution is 6.03. The van der Waals surface area contributed by atoms with E-state index in [1.165, 1.54) is 28.1 Å². The van der Waals surface area contributed by atoms with Gasteiger partial charge in [-0.3, -0.25) is 9.59 Å². The van der Waals surface area contributed by atoms with Gasteiger partial charge in [-0.15, -0.1) is 0 Å². The lowest BCUT2D eigenvalue weighted by atomic mass is 9.98. The first-order valence-corrected chi connectivity index (χ1v) is 11.7. The van der Waals surface area contributed by atoms with E-state index in [0.29, 0.717) is 30.0 Å². The average molecular weight is 470 g/mol. The molecule has 0 unspecified atom stereocenters. The number of halogens is 2. The van der Waals surface area contributed by atoms with Gasteiger partial charge >= 0.3 is 0 Å². The molecule has 0 saturated heterocycles. The zero-order valence-electron chi connectivity index (χ0n) is 19.3. The molecule has 2 amide bonds. The van der Waals surface area contributed by atoms with E-state index in [0.717, 1.165) is 25.7 Å². The van der Waals surface area contributed by atoms with E-state index in [-0.39, 0.29) is 30.6 Å². The summed E-state index contributed by atoms with van der Waals surface area (Å²) in [6.45, 7) is 0.445. The molecule has 0 radical (unpaired) electrons. The van der Waals surface area contributed by atoms with Gasteiger partial charge in [0.05, 0.1) is 18.4 Å². The first-order chi connectivity index (χ1) is 16.5. The molecule has 1 atom stereocenters. The number of hydrogen-bond donors (Lipinski definition) is 0. The third-order valence-corrected chi connectivity index (χ3v) is 6.52. The van der Waals surface area contributed by atoms with Crippen molar-refractivity contribution < 1.29 is 23.1 Å². The summed E-state index contributed by atoms with van der Waals surface area (Å²) in [5.41, 5.74) is 1.57. The summed E-state index contributed by atoms with van der Waals surface area (Å²) in [6, 6.07) is 11.5. The normalized spacial score (nSPS) is 18.3. The Morgan fingerprint density at radius 1 is 1.09 bits per heavy atom. The lowest BCUT2D eigenvalue weighted by molar-refractivity contribution is -0.144. The van der Waals surface area contributed by atoms with Crippen molar-refractivity contribution in [2.24, 2.45) is 11.0 Å². The number of ether oxygens (including phenoxy) is 1. The summed E-state index contributed by atoms with van der Waals surface area (Å²) in [7, 11) is 1.55. The van der Waals surface area contributed by atoms with E-state index in [1.807, 2.05) is 0 Å². The maximum atomic E-state index is 14.7. The van der Waals surface area contributed by atoms with Crippen LogP contribution >= 0.6 is 0 Å². The maximum absolute atomic E-state index is 14.7. The minimum atomic E-state index is -0.653. The van der Waals surface area contributed by atoms with Gasteiger partial charge in [0.15, 0.2) is 0 Å². The molecule has 6 nitrogen and oxygen atoms in total. The Labute approximate surface area is 198 Å². The molecule has 0 aromatic heterocycles. The first kappa shape index (κ1) is 24.0. The minimum absolute atomic E-state index is 0.0488. The van der Waals surface area contributed by atoms with Crippen LogP contribution in [0.2, 0.25) is 0 Å². The summed E-state index contributed by atoms with van der Waals surface area (Å²) in [6.07, 6.45) is 3.95. The standard InChI is InChI=1S/C26H29F2N3O3/c1-34-15-14-30(26(33)19-6-2-3-7-19)17-25(32)31-24(21-8-4-5-9-22(21)28)16-23(29-31)18-10-12-20(27)13-11-18/h4-5,8-13,19,24H,2-3,6-7,14-17H2,1H3/t24-/m0/s1. The van der Waals surface area contributed by atoms with E-state index >= 15 is 0 Å². The summed E-state index contributed by atoms with van der Waals surface area (Å²) < 4.78 is 33.3. The van der Waals surface area contributed by atoms with Crippen molar-refractivity contribution in [3.8, 4) is 0 Å². The monoisotopic (exact) mass is 469 g/mol. The Bertz CT molecular complexity index is 1050. The number of amides is 2. The second-order valence-electron chi connectivity index (χ2n) is 8.77. The minimum Gasteiger partial charge on any atom is -0.383 e. The topological polar surface area (TPSA) is 62.2 Å². The van der Waals surface area contributed by atoms with Crippen molar-refractivity contribution in [3.05, 3.63) is 71.3 Å². The van der Waals surface area contributed by atoms with Crippen LogP contribution in [0, 0.1) is 17.6 Å². The van der Waals surface area contributed by atoms with E-state index in [4.69, 9.17) is 4.74 Å². The number of methoxy groups -OCH3 is 1. The third kappa shape index (κ3) is 5.33. The fourth-order valence-electron chi connectivity index (χ4n) is 4.68. The fraction of sp³-hybridized carbons (Fsp3) is 0.423. The van der Waals surface area contributed by atoms with Gasteiger partial charge in [-0.05, 0) is 36.6 Å². The third-order valence-electron chi connectivity index (χ3n) is 6.52. The first-order valence-electron chi connectivity index (χ1n) is 11.7. The summed E-state index contributed by atoms with van der Waals surface area (Å²) >= 11 is 0. The van der Waals surface area contributed by atoms with Crippen molar-refractivity contribution in [2.45, 2.75) is 38.1 Å². The zero-order valence-corrected chi connectivity index (χ0v) is 19.3. The van der Waals surface area contributed by atoms with Crippen molar-refractivity contribution >= 4 is 17.5 Å². The number of hydrogen-bond acceptors (Lipinski definition) is 4. The molecule has 2 aromatic rings. The second-order valence-corrected chi connectivity index (χ2v) is 8.77. The highest BCUT2D eigenvalue weighted by Gasteiger charge is 2.36. The van der Waals surface area contributed by atoms with Crippen LogP contribution in [0.1, 0.15) is 49.3 Å². The molecule has 0 N–H and O–H groups in total. The van der Waals surface area contributed by atoms with Crippen molar-refractivity contribution in [1.29, 1.82) is 0 Å². The van der Waals surface area contributed by atoms with Gasteiger partial charge in [-0.2, -0.15) is 5.10 Å². The van der Waals surface area contributed by atoms with Crippen LogP contribution in [0.15, 0.2) is 53.6 Å². The van der Waals surface area contributed by atoms with Crippen LogP contribution < -0.4 is 0 Å². The summed E-state index contributed by atoms with van der Waals surface area (Å²) in [5.74, 6) is -1.33. The molecule has 1 aliphatic heterocycles. The van der Waals surface area contributed by atoms with Crippen LogP contribution in [0.3, 0.4) is 0 Å². The summed E-state index contributed by atoms with van der Waals surface area (Å²) in [5, 5.41) is 5.80. The van der Waals surface area contributed by atoms with Crippen LogP contribution in [0.5, 0.6) is 0 Å². The molecule has 180 valence electrons. The van der Waals surface area contributed by atoms with Gasteiger partial charge in [-0.25, -0.2) is 13.8 Å². The number of carbonyl (C=O) groups is 2. The van der Waals surface area contributed by atoms with Crippen molar-refractivity contribution in [2.75, 3.05) is 26.8 Å². The molecular weight excluding hydrogens is 440 g/mol. The Morgan fingerprint density at radius 2 is 1.79 bits per heavy atom. The summed E-state index contributed by atoms with van der Waals surface area (Å²) in [4.78, 5) is 28.1. The Hall–Kier alpha value is -3.13. The van der Waals surface area contributed by atoms with E-state index in [2.05, 4.69) is 5.10 Å². The van der Waals surface area contributed by atoms with Crippen LogP contribution in [0.25, 0.3) is 0 Å². The molecule has 8 heteroatoms. The lowest BCUT2D eigenvalue weighted by Crippen LogP contribution is -2.44. The quantitative estimate of drug-likeness (QED) is 0.579. The number of carbonyl (C=O) groups excluding carboxylic acids is 2. The van der Waals surface area contributed by atoms with E-state index < -0.39 is 17.8 Å². The molecule has 1 fully saturated rings. The second kappa shape index (κ2) is 10.9. The maximum Gasteiger partial charge on any atom is 0.262 e. The van der Waals surface area contributed by atoms with Crippen molar-refractivity contribution in [1.82, 2.24) is 9.91 Å². The van der Waals surface area contributed by atoms with Gasteiger partial charge in [0.2, 0.25) is 5.91 Å². The zero-order chi connectivity index (χ0) is 24.1. The average Bonchev–Trinajstić information content (AvgIpc) is 3.53. The van der Waals surface area contributed by atoms with Crippen LogP contribution in [0.4, 0.5) is 8.78 Å². The van der Waals surface area contributed by atoms with Crippen LogP contribution in [-0.2, 0) is 14.3 Å². The molecule has 4 rings (SSSR count). The lowest BCUT2D eigenvalue weighted by Gasteiger charge is -2.28. The number of hydrazone groups is 1. The molecule has 2 aromatic carbocycles. The van der Waals surface area contributed by atoms with Gasteiger partial charge in [0, 0.05) is 31.6 Å². The molecule has 2 aliphatic rings. The van der Waals surface area contributed by atoms with Crippen LogP contribution in [-0.4, -0.2) is 54.2 Å². The number of benzene rings is 2. The Balaban J connectivity index is 1.60. The molecule has 1 saturated carbocycles. The number of nitrogens with zero attached hydrogens (tertiary/aromatic N) is 3.